The quantitative estimate of drug-likeness (QED) is 0.934. The van der Waals surface area contributed by atoms with Crippen LogP contribution in [0.4, 0.5) is 0 Å². The number of carbonyl (C=O) groups excluding carboxylic acids is 1. The predicted octanol–water partition coefficient (Wildman–Crippen LogP) is 2.73. The molecule has 0 atom stereocenters. The Bertz CT molecular complexity index is 565. The van der Waals surface area contributed by atoms with Gasteiger partial charge in [0.05, 0.1) is 19.1 Å². The summed E-state index contributed by atoms with van der Waals surface area (Å²) in [5.41, 5.74) is 0.626. The number of ether oxygens (including phenoxy) is 1. The van der Waals surface area contributed by atoms with Gasteiger partial charge in [-0.3, -0.25) is 9.79 Å². The zero-order valence-corrected chi connectivity index (χ0v) is 13.0. The minimum atomic E-state index is -0.430. The molecule has 1 saturated carbocycles. The topological polar surface area (TPSA) is 50.7 Å². The minimum Gasteiger partial charge on any atom is -0.497 e. The number of aliphatic imine (C=N–C) groups is 1. The minimum absolute atomic E-state index is 0.0846. The third-order valence-corrected chi connectivity index (χ3v) is 5.21. The number of hydrogen-bond acceptors (Lipinski definition) is 4. The number of rotatable bonds is 3. The van der Waals surface area contributed by atoms with Gasteiger partial charge in [-0.25, -0.2) is 0 Å². The highest BCUT2D eigenvalue weighted by Crippen LogP contribution is 2.42. The number of amides is 1. The molecule has 3 rings (SSSR count). The highest BCUT2D eigenvalue weighted by molar-refractivity contribution is 8.14. The molecule has 2 aliphatic rings. The highest BCUT2D eigenvalue weighted by atomic mass is 32.2. The summed E-state index contributed by atoms with van der Waals surface area (Å²) in [5.74, 6) is 1.85. The fourth-order valence-corrected chi connectivity index (χ4v) is 3.90. The summed E-state index contributed by atoms with van der Waals surface area (Å²) in [6.07, 6.45) is 3.96. The van der Waals surface area contributed by atoms with Crippen LogP contribution < -0.4 is 10.1 Å². The summed E-state index contributed by atoms with van der Waals surface area (Å²) < 4.78 is 5.31. The standard InChI is InChI=1S/C16H20N2O2S/c1-20-13-6-4-5-12(11-13)16(7-2-3-8-16)14(19)18-15-17-9-10-21-15/h4-6,11H,2-3,7-10H2,1H3,(H,17,18,19). The molecule has 0 spiro atoms. The van der Waals surface area contributed by atoms with Gasteiger partial charge < -0.3 is 10.1 Å². The Morgan fingerprint density at radius 1 is 1.38 bits per heavy atom. The second-order valence-electron chi connectivity index (χ2n) is 5.51. The molecule has 1 aliphatic carbocycles. The molecule has 1 N–H and O–H groups in total. The van der Waals surface area contributed by atoms with Gasteiger partial charge in [-0.05, 0) is 30.5 Å². The molecule has 0 bridgehead atoms. The van der Waals surface area contributed by atoms with Gasteiger partial charge >= 0.3 is 0 Å². The molecule has 0 aromatic heterocycles. The highest BCUT2D eigenvalue weighted by Gasteiger charge is 2.43. The Labute approximate surface area is 129 Å². The number of hydrogen-bond donors (Lipinski definition) is 1. The van der Waals surface area contributed by atoms with Crippen LogP contribution in [0.3, 0.4) is 0 Å². The summed E-state index contributed by atoms with van der Waals surface area (Å²) in [7, 11) is 1.66. The van der Waals surface area contributed by atoms with E-state index in [1.54, 1.807) is 18.9 Å². The van der Waals surface area contributed by atoms with E-state index in [9.17, 15) is 4.79 Å². The SMILES string of the molecule is COc1cccc(C2(C(=O)NC3=NCCS3)CCCC2)c1. The molecule has 0 saturated heterocycles. The fraction of sp³-hybridized carbons (Fsp3) is 0.500. The number of amidine groups is 1. The summed E-state index contributed by atoms with van der Waals surface area (Å²) in [4.78, 5) is 17.2. The van der Waals surface area contributed by atoms with Crippen molar-refractivity contribution in [2.45, 2.75) is 31.1 Å². The Kier molecular flexibility index (Phi) is 4.19. The zero-order chi connectivity index (χ0) is 14.7. The Morgan fingerprint density at radius 2 is 2.19 bits per heavy atom. The van der Waals surface area contributed by atoms with E-state index in [0.29, 0.717) is 0 Å². The average molecular weight is 304 g/mol. The molecule has 112 valence electrons. The predicted molar refractivity (Wildman–Crippen MR) is 86.0 cm³/mol. The van der Waals surface area contributed by atoms with Crippen molar-refractivity contribution < 1.29 is 9.53 Å². The van der Waals surface area contributed by atoms with Crippen molar-refractivity contribution in [2.75, 3.05) is 19.4 Å². The van der Waals surface area contributed by atoms with Crippen LogP contribution in [0.15, 0.2) is 29.3 Å². The third-order valence-electron chi connectivity index (χ3n) is 4.32. The molecule has 1 aromatic rings. The molecule has 0 unspecified atom stereocenters. The monoisotopic (exact) mass is 304 g/mol. The molecule has 1 aromatic carbocycles. The van der Waals surface area contributed by atoms with Crippen LogP contribution in [0.2, 0.25) is 0 Å². The van der Waals surface area contributed by atoms with Crippen LogP contribution in [0.25, 0.3) is 0 Å². The largest absolute Gasteiger partial charge is 0.497 e. The maximum absolute atomic E-state index is 12.9. The summed E-state index contributed by atoms with van der Waals surface area (Å²) in [5, 5.41) is 3.80. The first-order valence-electron chi connectivity index (χ1n) is 7.38. The third kappa shape index (κ3) is 2.79. The van der Waals surface area contributed by atoms with Gasteiger partial charge in [-0.1, -0.05) is 36.7 Å². The van der Waals surface area contributed by atoms with E-state index in [1.807, 2.05) is 24.3 Å². The smallest absolute Gasteiger partial charge is 0.236 e. The molecule has 1 aliphatic heterocycles. The van der Waals surface area contributed by atoms with Crippen molar-refractivity contribution in [3.63, 3.8) is 0 Å². The van der Waals surface area contributed by atoms with Crippen LogP contribution in [-0.4, -0.2) is 30.5 Å². The second kappa shape index (κ2) is 6.10. The van der Waals surface area contributed by atoms with Crippen molar-refractivity contribution in [3.8, 4) is 5.75 Å². The fourth-order valence-electron chi connectivity index (χ4n) is 3.17. The van der Waals surface area contributed by atoms with E-state index in [-0.39, 0.29) is 5.91 Å². The lowest BCUT2D eigenvalue weighted by molar-refractivity contribution is -0.125. The van der Waals surface area contributed by atoms with Gasteiger partial charge in [0.15, 0.2) is 5.17 Å². The number of thioether (sulfide) groups is 1. The van der Waals surface area contributed by atoms with Crippen molar-refractivity contribution >= 4 is 22.8 Å². The molecule has 1 heterocycles. The number of methoxy groups -OCH3 is 1. The normalized spacial score (nSPS) is 20.1. The Morgan fingerprint density at radius 3 is 2.86 bits per heavy atom. The van der Waals surface area contributed by atoms with E-state index in [4.69, 9.17) is 4.74 Å². The molecular formula is C16H20N2O2S. The van der Waals surface area contributed by atoms with Gasteiger partial charge in [0.2, 0.25) is 5.91 Å². The van der Waals surface area contributed by atoms with Gasteiger partial charge in [0.25, 0.3) is 0 Å². The van der Waals surface area contributed by atoms with E-state index in [1.165, 1.54) is 0 Å². The maximum Gasteiger partial charge on any atom is 0.236 e. The second-order valence-corrected chi connectivity index (χ2v) is 6.59. The van der Waals surface area contributed by atoms with E-state index in [2.05, 4.69) is 10.3 Å². The van der Waals surface area contributed by atoms with Crippen LogP contribution in [0.1, 0.15) is 31.2 Å². The number of carbonyl (C=O) groups is 1. The maximum atomic E-state index is 12.9. The molecule has 1 fully saturated rings. The number of benzene rings is 1. The van der Waals surface area contributed by atoms with Crippen LogP contribution in [0.5, 0.6) is 5.75 Å². The summed E-state index contributed by atoms with van der Waals surface area (Å²) in [6, 6.07) is 7.91. The lowest BCUT2D eigenvalue weighted by Gasteiger charge is -2.28. The van der Waals surface area contributed by atoms with Crippen molar-refractivity contribution in [1.82, 2.24) is 5.32 Å². The summed E-state index contributed by atoms with van der Waals surface area (Å²) in [6.45, 7) is 0.798. The van der Waals surface area contributed by atoms with Crippen molar-refractivity contribution in [2.24, 2.45) is 4.99 Å². The van der Waals surface area contributed by atoms with Crippen LogP contribution in [-0.2, 0) is 10.2 Å². The Balaban J connectivity index is 1.89. The molecule has 0 radical (unpaired) electrons. The molecular weight excluding hydrogens is 284 g/mol. The summed E-state index contributed by atoms with van der Waals surface area (Å²) >= 11 is 1.62. The zero-order valence-electron chi connectivity index (χ0n) is 12.2. The number of nitrogens with one attached hydrogen (secondary N) is 1. The van der Waals surface area contributed by atoms with Crippen molar-refractivity contribution in [3.05, 3.63) is 29.8 Å². The van der Waals surface area contributed by atoms with Gasteiger partial charge in [-0.2, -0.15) is 0 Å². The van der Waals surface area contributed by atoms with Gasteiger partial charge in [0, 0.05) is 5.75 Å². The van der Waals surface area contributed by atoms with E-state index >= 15 is 0 Å². The molecule has 4 nitrogen and oxygen atoms in total. The van der Waals surface area contributed by atoms with Crippen LogP contribution in [0, 0.1) is 0 Å². The molecule has 1 amide bonds. The number of nitrogens with zero attached hydrogens (tertiary/aromatic N) is 1. The first-order chi connectivity index (χ1) is 10.2. The van der Waals surface area contributed by atoms with Gasteiger partial charge in [-0.15, -0.1) is 0 Å². The van der Waals surface area contributed by atoms with E-state index in [0.717, 1.165) is 54.5 Å². The van der Waals surface area contributed by atoms with Crippen LogP contribution >= 0.6 is 11.8 Å². The van der Waals surface area contributed by atoms with E-state index < -0.39 is 5.41 Å². The lowest BCUT2D eigenvalue weighted by atomic mass is 9.78. The molecule has 21 heavy (non-hydrogen) atoms. The first kappa shape index (κ1) is 14.4. The van der Waals surface area contributed by atoms with Crippen molar-refractivity contribution in [1.29, 1.82) is 0 Å². The molecule has 5 heteroatoms. The first-order valence-corrected chi connectivity index (χ1v) is 8.36. The van der Waals surface area contributed by atoms with Gasteiger partial charge in [0.1, 0.15) is 5.75 Å². The average Bonchev–Trinajstić information content (AvgIpc) is 3.19. The lowest BCUT2D eigenvalue weighted by Crippen LogP contribution is -2.44. The Hall–Kier alpha value is -1.49.